The highest BCUT2D eigenvalue weighted by Crippen LogP contribution is 2.22. The van der Waals surface area contributed by atoms with Crippen LogP contribution in [0.25, 0.3) is 0 Å². The van der Waals surface area contributed by atoms with E-state index in [9.17, 15) is 8.78 Å². The van der Waals surface area contributed by atoms with Crippen LogP contribution in [-0.4, -0.2) is 6.61 Å². The Morgan fingerprint density at radius 3 is 2.45 bits per heavy atom. The fourth-order valence-corrected chi connectivity index (χ4v) is 2.04. The Morgan fingerprint density at radius 2 is 1.80 bits per heavy atom. The molecule has 2 aromatic rings. The number of nitrogens with two attached hydrogens (primary N) is 1. The first-order valence-corrected chi connectivity index (χ1v) is 6.47. The second-order valence-corrected chi connectivity index (χ2v) is 4.82. The molecule has 0 aliphatic heterocycles. The number of hydrogen-bond donors (Lipinski definition) is 1. The zero-order valence-corrected chi connectivity index (χ0v) is 11.4. The molecule has 0 heterocycles. The molecule has 2 rings (SSSR count). The smallest absolute Gasteiger partial charge is 0.387 e. The Bertz CT molecular complexity index is 560. The van der Waals surface area contributed by atoms with E-state index in [0.717, 1.165) is 11.1 Å². The van der Waals surface area contributed by atoms with Gasteiger partial charge in [0.15, 0.2) is 0 Å². The van der Waals surface area contributed by atoms with E-state index in [1.54, 1.807) is 24.3 Å². The van der Waals surface area contributed by atoms with Crippen molar-refractivity contribution in [2.45, 2.75) is 19.1 Å². The first kappa shape index (κ1) is 14.8. The van der Waals surface area contributed by atoms with Crippen molar-refractivity contribution in [2.75, 3.05) is 0 Å². The van der Waals surface area contributed by atoms with E-state index < -0.39 is 6.61 Å². The Labute approximate surface area is 121 Å². The molecule has 0 saturated carbocycles. The number of alkyl halides is 2. The molecular formula is C15H14ClF2NO. The van der Waals surface area contributed by atoms with Gasteiger partial charge in [0, 0.05) is 11.1 Å². The van der Waals surface area contributed by atoms with Gasteiger partial charge in [-0.25, -0.2) is 0 Å². The van der Waals surface area contributed by atoms with Gasteiger partial charge < -0.3 is 10.5 Å². The molecule has 20 heavy (non-hydrogen) atoms. The third-order valence-corrected chi connectivity index (χ3v) is 3.13. The number of benzene rings is 2. The molecule has 0 aliphatic rings. The van der Waals surface area contributed by atoms with Gasteiger partial charge >= 0.3 is 6.61 Å². The lowest BCUT2D eigenvalue weighted by molar-refractivity contribution is -0.0498. The van der Waals surface area contributed by atoms with Gasteiger partial charge in [0.25, 0.3) is 0 Å². The van der Waals surface area contributed by atoms with Crippen molar-refractivity contribution >= 4 is 11.6 Å². The van der Waals surface area contributed by atoms with Crippen molar-refractivity contribution < 1.29 is 13.5 Å². The summed E-state index contributed by atoms with van der Waals surface area (Å²) in [6, 6.07) is 13.5. The van der Waals surface area contributed by atoms with Crippen molar-refractivity contribution in [3.05, 3.63) is 64.7 Å². The highest BCUT2D eigenvalue weighted by Gasteiger charge is 2.10. The zero-order chi connectivity index (χ0) is 14.5. The Morgan fingerprint density at radius 1 is 1.10 bits per heavy atom. The lowest BCUT2D eigenvalue weighted by Crippen LogP contribution is -2.13. The SMILES string of the molecule is NC(Cc1ccc(Cl)cc1)c1cccc(OC(F)F)c1. The summed E-state index contributed by atoms with van der Waals surface area (Å²) < 4.78 is 28.7. The van der Waals surface area contributed by atoms with Crippen LogP contribution in [0.5, 0.6) is 5.75 Å². The normalized spacial score (nSPS) is 12.4. The largest absolute Gasteiger partial charge is 0.435 e. The Balaban J connectivity index is 2.08. The fraction of sp³-hybridized carbons (Fsp3) is 0.200. The van der Waals surface area contributed by atoms with Crippen molar-refractivity contribution in [1.82, 2.24) is 0 Å². The summed E-state index contributed by atoms with van der Waals surface area (Å²) in [6.07, 6.45) is 0.593. The van der Waals surface area contributed by atoms with E-state index in [2.05, 4.69) is 4.74 Å². The minimum atomic E-state index is -2.84. The van der Waals surface area contributed by atoms with Crippen LogP contribution in [0, 0.1) is 0 Å². The lowest BCUT2D eigenvalue weighted by Gasteiger charge is -2.14. The van der Waals surface area contributed by atoms with Crippen molar-refractivity contribution in [3.8, 4) is 5.75 Å². The van der Waals surface area contributed by atoms with E-state index in [4.69, 9.17) is 17.3 Å². The van der Waals surface area contributed by atoms with Crippen LogP contribution in [0.4, 0.5) is 8.78 Å². The predicted octanol–water partition coefficient (Wildman–Crippen LogP) is 4.18. The summed E-state index contributed by atoms with van der Waals surface area (Å²) in [5.41, 5.74) is 7.87. The molecule has 0 spiro atoms. The molecule has 0 bridgehead atoms. The maximum absolute atomic E-state index is 12.2. The van der Waals surface area contributed by atoms with Crippen molar-refractivity contribution in [2.24, 2.45) is 5.73 Å². The van der Waals surface area contributed by atoms with Gasteiger partial charge in [-0.3, -0.25) is 0 Å². The molecule has 1 unspecified atom stereocenters. The Kier molecular flexibility index (Phi) is 4.93. The van der Waals surface area contributed by atoms with Crippen LogP contribution >= 0.6 is 11.6 Å². The van der Waals surface area contributed by atoms with Crippen LogP contribution in [-0.2, 0) is 6.42 Å². The summed E-state index contributed by atoms with van der Waals surface area (Å²) in [4.78, 5) is 0. The number of halogens is 3. The standard InChI is InChI=1S/C15H14ClF2NO/c16-12-6-4-10(5-7-12)8-14(19)11-2-1-3-13(9-11)20-15(17)18/h1-7,9,14-15H,8,19H2. The van der Waals surface area contributed by atoms with E-state index in [-0.39, 0.29) is 11.8 Å². The summed E-state index contributed by atoms with van der Waals surface area (Å²) in [6.45, 7) is -2.84. The first-order chi connectivity index (χ1) is 9.54. The minimum absolute atomic E-state index is 0.115. The number of ether oxygens (including phenoxy) is 1. The topological polar surface area (TPSA) is 35.2 Å². The first-order valence-electron chi connectivity index (χ1n) is 6.09. The van der Waals surface area contributed by atoms with Crippen LogP contribution < -0.4 is 10.5 Å². The van der Waals surface area contributed by atoms with E-state index in [0.29, 0.717) is 11.4 Å². The van der Waals surface area contributed by atoms with Gasteiger partial charge in [-0.2, -0.15) is 8.78 Å². The molecule has 2 aromatic carbocycles. The summed E-state index contributed by atoms with van der Waals surface area (Å²) in [7, 11) is 0. The van der Waals surface area contributed by atoms with Crippen molar-refractivity contribution in [3.63, 3.8) is 0 Å². The second-order valence-electron chi connectivity index (χ2n) is 4.39. The third kappa shape index (κ3) is 4.18. The maximum atomic E-state index is 12.2. The van der Waals surface area contributed by atoms with Crippen LogP contribution in [0.15, 0.2) is 48.5 Å². The summed E-state index contributed by atoms with van der Waals surface area (Å²) in [5.74, 6) is 0.115. The van der Waals surface area contributed by atoms with E-state index in [1.165, 1.54) is 12.1 Å². The van der Waals surface area contributed by atoms with E-state index in [1.807, 2.05) is 12.1 Å². The lowest BCUT2D eigenvalue weighted by atomic mass is 9.99. The van der Waals surface area contributed by atoms with Crippen LogP contribution in [0.3, 0.4) is 0 Å². The van der Waals surface area contributed by atoms with Gasteiger partial charge in [-0.15, -0.1) is 0 Å². The van der Waals surface area contributed by atoms with Gasteiger partial charge in [-0.1, -0.05) is 35.9 Å². The molecule has 2 nitrogen and oxygen atoms in total. The fourth-order valence-electron chi connectivity index (χ4n) is 1.91. The quantitative estimate of drug-likeness (QED) is 0.898. The highest BCUT2D eigenvalue weighted by molar-refractivity contribution is 6.30. The minimum Gasteiger partial charge on any atom is -0.435 e. The van der Waals surface area contributed by atoms with Gasteiger partial charge in [-0.05, 0) is 41.8 Å². The molecule has 5 heteroatoms. The zero-order valence-electron chi connectivity index (χ0n) is 10.6. The number of hydrogen-bond acceptors (Lipinski definition) is 2. The molecular weight excluding hydrogens is 284 g/mol. The molecule has 0 aromatic heterocycles. The van der Waals surface area contributed by atoms with Gasteiger partial charge in [0.1, 0.15) is 5.75 Å². The van der Waals surface area contributed by atoms with Crippen LogP contribution in [0.1, 0.15) is 17.2 Å². The highest BCUT2D eigenvalue weighted by atomic mass is 35.5. The third-order valence-electron chi connectivity index (χ3n) is 2.88. The molecule has 2 N–H and O–H groups in total. The molecule has 0 amide bonds. The van der Waals surface area contributed by atoms with Gasteiger partial charge in [0.05, 0.1) is 0 Å². The molecule has 0 saturated heterocycles. The molecule has 0 aliphatic carbocycles. The second kappa shape index (κ2) is 6.68. The summed E-state index contributed by atoms with van der Waals surface area (Å²) >= 11 is 5.82. The molecule has 1 atom stereocenters. The molecule has 0 fully saturated rings. The summed E-state index contributed by atoms with van der Waals surface area (Å²) in [5, 5.41) is 0.662. The average molecular weight is 298 g/mol. The number of rotatable bonds is 5. The molecule has 0 radical (unpaired) electrons. The average Bonchev–Trinajstić information content (AvgIpc) is 2.41. The van der Waals surface area contributed by atoms with Gasteiger partial charge in [0.2, 0.25) is 0 Å². The molecule has 106 valence electrons. The van der Waals surface area contributed by atoms with E-state index >= 15 is 0 Å². The van der Waals surface area contributed by atoms with Crippen LogP contribution in [0.2, 0.25) is 5.02 Å². The van der Waals surface area contributed by atoms with Crippen molar-refractivity contribution in [1.29, 1.82) is 0 Å². The maximum Gasteiger partial charge on any atom is 0.387 e. The predicted molar refractivity (Wildman–Crippen MR) is 75.2 cm³/mol. The Hall–Kier alpha value is -1.65. The monoisotopic (exact) mass is 297 g/mol.